The van der Waals surface area contributed by atoms with Gasteiger partial charge in [-0.15, -0.1) is 11.3 Å². The highest BCUT2D eigenvalue weighted by Gasteiger charge is 2.26. The Morgan fingerprint density at radius 3 is 2.30 bits per heavy atom. The van der Waals surface area contributed by atoms with Crippen LogP contribution in [0.2, 0.25) is 0 Å². The molecule has 0 atom stereocenters. The molecule has 0 aliphatic rings. The molecule has 0 spiro atoms. The number of aryl methyl sites for hydroxylation is 1. The second kappa shape index (κ2) is 5.33. The predicted octanol–water partition coefficient (Wildman–Crippen LogP) is 4.35. The van der Waals surface area contributed by atoms with Crippen LogP contribution in [0.5, 0.6) is 0 Å². The van der Waals surface area contributed by atoms with Crippen molar-refractivity contribution in [2.45, 2.75) is 26.2 Å². The summed E-state index contributed by atoms with van der Waals surface area (Å²) in [7, 11) is 1.93. The molecule has 0 fully saturated rings. The summed E-state index contributed by atoms with van der Waals surface area (Å²) in [6, 6.07) is 10.8. The molecule has 1 aromatic carbocycles. The average Bonchev–Trinajstić information content (AvgIpc) is 2.82. The van der Waals surface area contributed by atoms with Gasteiger partial charge in [-0.1, -0.05) is 32.6 Å². The molecule has 0 radical (unpaired) electrons. The zero-order valence-corrected chi connectivity index (χ0v) is 13.4. The van der Waals surface area contributed by atoms with E-state index >= 15 is 0 Å². The molecule has 0 saturated heterocycles. The molecule has 0 unspecified atom stereocenters. The summed E-state index contributed by atoms with van der Waals surface area (Å²) >= 11 is 1.80. The quantitative estimate of drug-likeness (QED) is 0.876. The topological polar surface area (TPSA) is 38.0 Å². The Balaban J connectivity index is 2.42. The molecular formula is C17H22N2S. The van der Waals surface area contributed by atoms with Gasteiger partial charge < -0.3 is 11.1 Å². The first-order valence-electron chi connectivity index (χ1n) is 6.70. The number of benzene rings is 1. The van der Waals surface area contributed by atoms with E-state index in [-0.39, 0.29) is 5.41 Å². The average molecular weight is 286 g/mol. The minimum atomic E-state index is -0.0323. The van der Waals surface area contributed by atoms with Crippen LogP contribution in [0.25, 0.3) is 5.70 Å². The molecule has 1 aromatic heterocycles. The van der Waals surface area contributed by atoms with E-state index in [0.29, 0.717) is 5.70 Å². The maximum absolute atomic E-state index is 5.85. The van der Waals surface area contributed by atoms with Crippen molar-refractivity contribution >= 4 is 22.7 Å². The fourth-order valence-electron chi connectivity index (χ4n) is 2.30. The lowest BCUT2D eigenvalue weighted by Crippen LogP contribution is -2.17. The Kier molecular flexibility index (Phi) is 3.91. The number of hydrogen-bond donors (Lipinski definition) is 2. The molecule has 3 N–H and O–H groups in total. The number of hydrogen-bond acceptors (Lipinski definition) is 3. The minimum Gasteiger partial charge on any atom is -0.399 e. The summed E-state index contributed by atoms with van der Waals surface area (Å²) in [6.45, 7) is 10.4. The lowest BCUT2D eigenvalue weighted by Gasteiger charge is -2.24. The smallest absolute Gasteiger partial charge is 0.0337 e. The Morgan fingerprint density at radius 1 is 1.25 bits per heavy atom. The number of thiophene rings is 1. The van der Waals surface area contributed by atoms with Crippen LogP contribution in [0.3, 0.4) is 0 Å². The van der Waals surface area contributed by atoms with Crippen LogP contribution in [0.1, 0.15) is 34.7 Å². The van der Waals surface area contributed by atoms with Gasteiger partial charge in [0.05, 0.1) is 0 Å². The molecule has 1 heterocycles. The zero-order valence-electron chi connectivity index (χ0n) is 12.6. The molecule has 0 bridgehead atoms. The normalized spacial score (nSPS) is 11.4. The van der Waals surface area contributed by atoms with Crippen molar-refractivity contribution in [3.63, 3.8) is 0 Å². The van der Waals surface area contributed by atoms with Gasteiger partial charge in [-0.3, -0.25) is 0 Å². The Labute approximate surface area is 125 Å². The van der Waals surface area contributed by atoms with Crippen molar-refractivity contribution in [2.75, 3.05) is 12.4 Å². The van der Waals surface area contributed by atoms with Crippen LogP contribution >= 0.6 is 11.3 Å². The van der Waals surface area contributed by atoms with Crippen molar-refractivity contribution in [3.8, 4) is 0 Å². The largest absolute Gasteiger partial charge is 0.399 e. The summed E-state index contributed by atoms with van der Waals surface area (Å²) in [6.07, 6.45) is 0. The van der Waals surface area contributed by atoms with Crippen molar-refractivity contribution in [2.24, 2.45) is 5.73 Å². The van der Waals surface area contributed by atoms with E-state index in [2.05, 4.69) is 63.0 Å². The van der Waals surface area contributed by atoms with Crippen LogP contribution in [-0.2, 0) is 5.41 Å². The van der Waals surface area contributed by atoms with E-state index < -0.39 is 0 Å². The summed E-state index contributed by atoms with van der Waals surface area (Å²) in [5.74, 6) is 0. The third-order valence-electron chi connectivity index (χ3n) is 3.77. The fourth-order valence-corrected chi connectivity index (χ4v) is 3.48. The van der Waals surface area contributed by atoms with E-state index in [4.69, 9.17) is 5.73 Å². The fraction of sp³-hybridized carbons (Fsp3) is 0.294. The molecular weight excluding hydrogens is 264 g/mol. The third kappa shape index (κ3) is 2.59. The first-order chi connectivity index (χ1) is 9.36. The summed E-state index contributed by atoms with van der Waals surface area (Å²) in [5.41, 5.74) is 9.96. The first-order valence-corrected chi connectivity index (χ1v) is 7.52. The SMILES string of the molecule is C=C(N)c1cc(C(C)(C)c2ccc(NC)cc2)sc1C. The Bertz CT molecular complexity index is 621. The van der Waals surface area contributed by atoms with Gasteiger partial charge in [-0.05, 0) is 30.7 Å². The standard InChI is InChI=1S/C17H22N2S/c1-11(18)15-10-16(20-12(15)2)17(3,4)13-6-8-14(19-5)9-7-13/h6-10,19H,1,18H2,2-5H3. The van der Waals surface area contributed by atoms with Crippen LogP contribution in [0.15, 0.2) is 36.9 Å². The van der Waals surface area contributed by atoms with E-state index in [1.54, 1.807) is 11.3 Å². The van der Waals surface area contributed by atoms with Crippen molar-refractivity contribution < 1.29 is 0 Å². The highest BCUT2D eigenvalue weighted by atomic mass is 32.1. The van der Waals surface area contributed by atoms with Crippen LogP contribution < -0.4 is 11.1 Å². The van der Waals surface area contributed by atoms with Crippen LogP contribution in [0.4, 0.5) is 5.69 Å². The van der Waals surface area contributed by atoms with Crippen molar-refractivity contribution in [1.29, 1.82) is 0 Å². The van der Waals surface area contributed by atoms with Gasteiger partial charge in [0.15, 0.2) is 0 Å². The molecule has 3 heteroatoms. The number of rotatable bonds is 4. The third-order valence-corrected chi connectivity index (χ3v) is 5.15. The predicted molar refractivity (Wildman–Crippen MR) is 90.4 cm³/mol. The van der Waals surface area contributed by atoms with E-state index in [0.717, 1.165) is 11.3 Å². The summed E-state index contributed by atoms with van der Waals surface area (Å²) in [5, 5.41) is 3.15. The molecule has 0 saturated carbocycles. The number of anilines is 1. The van der Waals surface area contributed by atoms with Gasteiger partial charge >= 0.3 is 0 Å². The van der Waals surface area contributed by atoms with E-state index in [1.807, 2.05) is 7.05 Å². The van der Waals surface area contributed by atoms with Crippen LogP contribution in [-0.4, -0.2) is 7.05 Å². The second-order valence-corrected chi connectivity index (χ2v) is 6.81. The molecule has 106 valence electrons. The summed E-state index contributed by atoms with van der Waals surface area (Å²) < 4.78 is 0. The van der Waals surface area contributed by atoms with Gasteiger partial charge in [-0.25, -0.2) is 0 Å². The zero-order chi connectivity index (χ0) is 14.9. The van der Waals surface area contributed by atoms with Crippen molar-refractivity contribution in [3.05, 3.63) is 57.8 Å². The molecule has 0 amide bonds. The Hall–Kier alpha value is -1.74. The van der Waals surface area contributed by atoms with E-state index in [1.165, 1.54) is 15.3 Å². The van der Waals surface area contributed by atoms with Gasteiger partial charge in [0.2, 0.25) is 0 Å². The first kappa shape index (κ1) is 14.7. The lowest BCUT2D eigenvalue weighted by molar-refractivity contribution is 0.656. The maximum atomic E-state index is 5.85. The molecule has 20 heavy (non-hydrogen) atoms. The van der Waals surface area contributed by atoms with Gasteiger partial charge in [0.25, 0.3) is 0 Å². The van der Waals surface area contributed by atoms with Gasteiger partial charge in [0, 0.05) is 39.2 Å². The summed E-state index contributed by atoms with van der Waals surface area (Å²) in [4.78, 5) is 2.54. The minimum absolute atomic E-state index is 0.0323. The Morgan fingerprint density at radius 2 is 1.85 bits per heavy atom. The van der Waals surface area contributed by atoms with Gasteiger partial charge in [0.1, 0.15) is 0 Å². The van der Waals surface area contributed by atoms with Crippen molar-refractivity contribution in [1.82, 2.24) is 0 Å². The molecule has 2 aromatic rings. The van der Waals surface area contributed by atoms with Crippen LogP contribution in [0, 0.1) is 6.92 Å². The molecule has 2 rings (SSSR count). The monoisotopic (exact) mass is 286 g/mol. The second-order valence-electron chi connectivity index (χ2n) is 5.56. The lowest BCUT2D eigenvalue weighted by atomic mass is 9.83. The molecule has 0 aliphatic heterocycles. The highest BCUT2D eigenvalue weighted by Crippen LogP contribution is 2.38. The maximum Gasteiger partial charge on any atom is 0.0337 e. The number of nitrogens with two attached hydrogens (primary N) is 1. The van der Waals surface area contributed by atoms with E-state index in [9.17, 15) is 0 Å². The highest BCUT2D eigenvalue weighted by molar-refractivity contribution is 7.12. The van der Waals surface area contributed by atoms with Gasteiger partial charge in [-0.2, -0.15) is 0 Å². The number of nitrogens with one attached hydrogen (secondary N) is 1. The molecule has 0 aliphatic carbocycles. The molecule has 2 nitrogen and oxygen atoms in total.